The minimum atomic E-state index is -0.566. The van der Waals surface area contributed by atoms with Crippen LogP contribution in [0.25, 0.3) is 31.9 Å². The van der Waals surface area contributed by atoms with E-state index in [-0.39, 0.29) is 18.0 Å². The molecule has 1 aliphatic carbocycles. The Morgan fingerprint density at radius 2 is 1.54 bits per heavy atom. The first-order chi connectivity index (χ1) is 24.7. The molecule has 4 aromatic rings. The first kappa shape index (κ1) is 36.5. The molecule has 3 aliphatic rings. The van der Waals surface area contributed by atoms with Gasteiger partial charge in [-0.1, -0.05) is 12.5 Å². The molecule has 7 rings (SSSR count). The van der Waals surface area contributed by atoms with Crippen molar-refractivity contribution in [3.63, 3.8) is 0 Å². The maximum atomic E-state index is 13.7. The second-order valence-corrected chi connectivity index (χ2v) is 19.0. The Bertz CT molecular complexity index is 1940. The van der Waals surface area contributed by atoms with E-state index in [0.717, 1.165) is 80.4 Å². The monoisotopic (exact) mass is 742 g/mol. The van der Waals surface area contributed by atoms with E-state index < -0.39 is 11.2 Å². The Kier molecular flexibility index (Phi) is 10.2. The number of nitrogens with zero attached hydrogens (tertiary/aromatic N) is 4. The number of thiophene rings is 1. The molecule has 0 bridgehead atoms. The van der Waals surface area contributed by atoms with Crippen molar-refractivity contribution in [3.05, 3.63) is 58.0 Å². The molecule has 1 aromatic carbocycles. The van der Waals surface area contributed by atoms with Crippen LogP contribution in [-0.4, -0.2) is 68.6 Å². The summed E-state index contributed by atoms with van der Waals surface area (Å²) in [6.07, 6.45) is 8.88. The Morgan fingerprint density at radius 1 is 0.865 bits per heavy atom. The zero-order valence-corrected chi connectivity index (χ0v) is 32.8. The highest BCUT2D eigenvalue weighted by atomic mass is 32.1. The molecule has 52 heavy (non-hydrogen) atoms. The van der Waals surface area contributed by atoms with E-state index in [1.807, 2.05) is 58.6 Å². The van der Waals surface area contributed by atoms with Gasteiger partial charge in [0.1, 0.15) is 22.0 Å². The van der Waals surface area contributed by atoms with E-state index in [4.69, 9.17) is 14.5 Å². The van der Waals surface area contributed by atoms with Gasteiger partial charge in [0.2, 0.25) is 0 Å². The standard InChI is InChI=1S/C41H50N4O5S2/c1-40(2,3)49-38(47)44-17-14-31-35(24-44)51-34(36(31)37-43-32-20-27(10-11-33(32)52-37)26-12-15-42-16-13-26)21-30(46)9-7-8-25-18-28-22-45(23-29(28)19-25)39(48)50-41(4,5)6/h10-13,15-16,20,25,28-29H,7-9,14,17-19,21-24H2,1-6H3/t25?,28-,29+. The van der Waals surface area contributed by atoms with Gasteiger partial charge in [0, 0.05) is 60.2 Å². The molecule has 1 unspecified atom stereocenters. The van der Waals surface area contributed by atoms with Gasteiger partial charge in [0.15, 0.2) is 0 Å². The molecule has 9 nitrogen and oxygen atoms in total. The number of benzene rings is 1. The van der Waals surface area contributed by atoms with Gasteiger partial charge in [-0.05, 0) is 126 Å². The zero-order valence-electron chi connectivity index (χ0n) is 31.2. The highest BCUT2D eigenvalue weighted by Crippen LogP contribution is 2.45. The third-order valence-electron chi connectivity index (χ3n) is 10.3. The Balaban J connectivity index is 1.04. The summed E-state index contributed by atoms with van der Waals surface area (Å²) in [7, 11) is 0. The van der Waals surface area contributed by atoms with E-state index in [9.17, 15) is 14.4 Å². The highest BCUT2D eigenvalue weighted by Gasteiger charge is 2.43. The number of hydrogen-bond donors (Lipinski definition) is 0. The molecule has 3 atom stereocenters. The topological polar surface area (TPSA) is 102 Å². The maximum Gasteiger partial charge on any atom is 0.410 e. The molecule has 0 spiro atoms. The van der Waals surface area contributed by atoms with Crippen molar-refractivity contribution < 1.29 is 23.9 Å². The van der Waals surface area contributed by atoms with E-state index >= 15 is 0 Å². The van der Waals surface area contributed by atoms with Crippen LogP contribution in [0, 0.1) is 17.8 Å². The summed E-state index contributed by atoms with van der Waals surface area (Å²) in [6, 6.07) is 10.4. The summed E-state index contributed by atoms with van der Waals surface area (Å²) < 4.78 is 12.4. The van der Waals surface area contributed by atoms with Crippen molar-refractivity contribution in [2.45, 2.75) is 104 Å². The van der Waals surface area contributed by atoms with Crippen LogP contribution in [0.4, 0.5) is 9.59 Å². The third-order valence-corrected chi connectivity index (χ3v) is 12.6. The molecule has 276 valence electrons. The summed E-state index contributed by atoms with van der Waals surface area (Å²) >= 11 is 3.33. The van der Waals surface area contributed by atoms with Crippen molar-refractivity contribution in [3.8, 4) is 21.7 Å². The van der Waals surface area contributed by atoms with Crippen LogP contribution in [0.15, 0.2) is 42.7 Å². The Labute approximate surface area is 314 Å². The summed E-state index contributed by atoms with van der Waals surface area (Å²) in [5.74, 6) is 1.91. The number of ketones is 1. The van der Waals surface area contributed by atoms with E-state index in [1.54, 1.807) is 40.0 Å². The van der Waals surface area contributed by atoms with Gasteiger partial charge < -0.3 is 19.3 Å². The highest BCUT2D eigenvalue weighted by molar-refractivity contribution is 7.22. The fourth-order valence-electron chi connectivity index (χ4n) is 8.07. The molecule has 11 heteroatoms. The largest absolute Gasteiger partial charge is 0.444 e. The fraction of sp³-hybridized carbons (Fsp3) is 0.537. The second kappa shape index (κ2) is 14.5. The Hall–Kier alpha value is -3.83. The van der Waals surface area contributed by atoms with Gasteiger partial charge in [-0.25, -0.2) is 14.6 Å². The van der Waals surface area contributed by atoms with Crippen molar-refractivity contribution >= 4 is 50.9 Å². The molecule has 2 amide bonds. The van der Waals surface area contributed by atoms with Crippen LogP contribution in [0.1, 0.15) is 89.0 Å². The van der Waals surface area contributed by atoms with Crippen LogP contribution in [-0.2, 0) is 33.7 Å². The maximum absolute atomic E-state index is 13.7. The van der Waals surface area contributed by atoms with Crippen LogP contribution < -0.4 is 0 Å². The lowest BCUT2D eigenvalue weighted by molar-refractivity contribution is -0.118. The molecule has 2 aliphatic heterocycles. The predicted octanol–water partition coefficient (Wildman–Crippen LogP) is 9.55. The number of ether oxygens (including phenoxy) is 2. The van der Waals surface area contributed by atoms with E-state index in [1.165, 1.54) is 5.56 Å². The lowest BCUT2D eigenvalue weighted by atomic mass is 9.96. The number of carbonyl (C=O) groups is 3. The molecule has 5 heterocycles. The first-order valence-corrected chi connectivity index (χ1v) is 20.2. The molecule has 3 aromatic heterocycles. The number of likely N-dealkylation sites (tertiary alicyclic amines) is 1. The van der Waals surface area contributed by atoms with Gasteiger partial charge in [-0.2, -0.15) is 0 Å². The van der Waals surface area contributed by atoms with Crippen molar-refractivity contribution in [2.75, 3.05) is 19.6 Å². The number of fused-ring (bicyclic) bond motifs is 3. The van der Waals surface area contributed by atoms with Crippen LogP contribution in [0.5, 0.6) is 0 Å². The smallest absolute Gasteiger partial charge is 0.410 e. The molecule has 0 radical (unpaired) electrons. The number of pyridine rings is 1. The summed E-state index contributed by atoms with van der Waals surface area (Å²) in [4.78, 5) is 54.4. The number of hydrogen-bond acceptors (Lipinski definition) is 9. The normalized spacial score (nSPS) is 20.2. The number of aromatic nitrogens is 2. The average Bonchev–Trinajstić information content (AvgIpc) is 3.84. The van der Waals surface area contributed by atoms with Crippen LogP contribution >= 0.6 is 22.7 Å². The number of thiazole rings is 1. The minimum Gasteiger partial charge on any atom is -0.444 e. The molecular formula is C41H50N4O5S2. The summed E-state index contributed by atoms with van der Waals surface area (Å²) in [5, 5.41) is 0.936. The number of rotatable bonds is 8. The van der Waals surface area contributed by atoms with Crippen LogP contribution in [0.3, 0.4) is 0 Å². The molecule has 2 fully saturated rings. The number of Topliss-reactive ketones (excluding diaryl/α,β-unsaturated/α-hetero) is 1. The van der Waals surface area contributed by atoms with Crippen molar-refractivity contribution in [2.24, 2.45) is 17.8 Å². The fourth-order valence-corrected chi connectivity index (χ4v) is 10.6. The first-order valence-electron chi connectivity index (χ1n) is 18.6. The summed E-state index contributed by atoms with van der Waals surface area (Å²) in [5.41, 5.74) is 4.37. The van der Waals surface area contributed by atoms with Crippen molar-refractivity contribution in [1.29, 1.82) is 0 Å². The zero-order chi connectivity index (χ0) is 36.8. The SMILES string of the molecule is CC(C)(C)OC(=O)N1CCc2c(sc(CC(=O)CCCC3C[C@@H]4CN(C(=O)OC(C)(C)C)C[C@@H]4C3)c2-c2nc3cc(-c4ccncc4)ccc3s2)C1. The molecule has 1 saturated carbocycles. The van der Waals surface area contributed by atoms with Gasteiger partial charge in [-0.3, -0.25) is 9.78 Å². The molecule has 1 saturated heterocycles. The lowest BCUT2D eigenvalue weighted by Gasteiger charge is -2.30. The van der Waals surface area contributed by atoms with Gasteiger partial charge >= 0.3 is 12.2 Å². The second-order valence-electron chi connectivity index (χ2n) is 16.7. The quantitative estimate of drug-likeness (QED) is 0.177. The number of amides is 2. The number of carbonyl (C=O) groups excluding carboxylic acids is 3. The average molecular weight is 743 g/mol. The summed E-state index contributed by atoms with van der Waals surface area (Å²) in [6.45, 7) is 14.0. The van der Waals surface area contributed by atoms with Crippen LogP contribution in [0.2, 0.25) is 0 Å². The molecule has 0 N–H and O–H groups in total. The predicted molar refractivity (Wildman–Crippen MR) is 207 cm³/mol. The Morgan fingerprint density at radius 3 is 2.21 bits per heavy atom. The molecular weight excluding hydrogens is 693 g/mol. The van der Waals surface area contributed by atoms with Crippen molar-refractivity contribution in [1.82, 2.24) is 19.8 Å². The van der Waals surface area contributed by atoms with Gasteiger partial charge in [0.05, 0.1) is 16.8 Å². The minimum absolute atomic E-state index is 0.197. The third kappa shape index (κ3) is 8.36. The van der Waals surface area contributed by atoms with Gasteiger partial charge in [-0.15, -0.1) is 22.7 Å². The lowest BCUT2D eigenvalue weighted by Crippen LogP contribution is -2.39. The van der Waals surface area contributed by atoms with E-state index in [2.05, 4.69) is 23.2 Å². The van der Waals surface area contributed by atoms with E-state index in [0.29, 0.717) is 50.1 Å². The van der Waals surface area contributed by atoms with Gasteiger partial charge in [0.25, 0.3) is 0 Å².